The highest BCUT2D eigenvalue weighted by Gasteiger charge is 2.40. The molecule has 1 atom stereocenters. The molecule has 0 saturated heterocycles. The summed E-state index contributed by atoms with van der Waals surface area (Å²) in [4.78, 5) is 32.6. The van der Waals surface area contributed by atoms with E-state index in [1.807, 2.05) is 38.1 Å². The highest BCUT2D eigenvalue weighted by atomic mass is 16.2. The van der Waals surface area contributed by atoms with E-state index in [2.05, 4.69) is 37.4 Å². The zero-order valence-electron chi connectivity index (χ0n) is 19.5. The molecule has 6 nitrogen and oxygen atoms in total. The molecule has 29 heavy (non-hydrogen) atoms. The third-order valence-electron chi connectivity index (χ3n) is 5.64. The van der Waals surface area contributed by atoms with E-state index < -0.39 is 5.54 Å². The summed E-state index contributed by atoms with van der Waals surface area (Å²) in [7, 11) is 3.93. The van der Waals surface area contributed by atoms with Crippen molar-refractivity contribution >= 4 is 18.5 Å². The fraction of sp³-hybridized carbons (Fsp3) is 0.696. The van der Waals surface area contributed by atoms with E-state index in [0.717, 1.165) is 49.9 Å². The van der Waals surface area contributed by atoms with E-state index >= 15 is 0 Å². The minimum Gasteiger partial charge on any atom is -0.369 e. The summed E-state index contributed by atoms with van der Waals surface area (Å²) in [5, 5.41) is 0. The van der Waals surface area contributed by atoms with Crippen LogP contribution in [0.15, 0.2) is 28.4 Å². The monoisotopic (exact) mass is 406 g/mol. The SMILES string of the molecule is C=N/C(CC)=C(\C=C\CCCN(C)C(=O)C(CC)(CCC)N(C)CC)CC(N)=O. The van der Waals surface area contributed by atoms with Gasteiger partial charge in [-0.3, -0.25) is 19.5 Å². The number of allylic oxidation sites excluding steroid dienone is 3. The van der Waals surface area contributed by atoms with Gasteiger partial charge in [0.1, 0.15) is 0 Å². The Balaban J connectivity index is 5.00. The first kappa shape index (κ1) is 27.0. The van der Waals surface area contributed by atoms with Crippen LogP contribution in [-0.4, -0.2) is 61.1 Å². The lowest BCUT2D eigenvalue weighted by Crippen LogP contribution is -2.57. The van der Waals surface area contributed by atoms with Crippen molar-refractivity contribution in [2.45, 2.75) is 78.2 Å². The molecule has 0 bridgehead atoms. The van der Waals surface area contributed by atoms with Crippen LogP contribution in [0.5, 0.6) is 0 Å². The van der Waals surface area contributed by atoms with E-state index in [-0.39, 0.29) is 18.2 Å². The number of hydrogen-bond acceptors (Lipinski definition) is 4. The van der Waals surface area contributed by atoms with Crippen molar-refractivity contribution < 1.29 is 9.59 Å². The summed E-state index contributed by atoms with van der Waals surface area (Å²) in [6, 6.07) is 0. The standard InChI is InChI=1S/C23H42N4O2/c1-8-16-23(10-3,27(7)11-4)22(29)26(6)17-14-12-13-15-19(18-21(24)28)20(9-2)25-5/h13,15H,5,8-12,14,16-18H2,1-4,6-7H3,(H2,24,28)/b15-13+,20-19+. The Hall–Kier alpha value is -1.95. The van der Waals surface area contributed by atoms with Crippen LogP contribution < -0.4 is 5.73 Å². The van der Waals surface area contributed by atoms with E-state index in [1.54, 1.807) is 0 Å². The molecule has 166 valence electrons. The molecule has 0 aliphatic rings. The van der Waals surface area contributed by atoms with E-state index in [4.69, 9.17) is 5.73 Å². The summed E-state index contributed by atoms with van der Waals surface area (Å²) in [6.07, 6.45) is 9.12. The van der Waals surface area contributed by atoms with Crippen LogP contribution in [-0.2, 0) is 9.59 Å². The summed E-state index contributed by atoms with van der Waals surface area (Å²) in [5.41, 5.74) is 6.53. The number of rotatable bonds is 15. The van der Waals surface area contributed by atoms with Gasteiger partial charge in [0.25, 0.3) is 0 Å². The highest BCUT2D eigenvalue weighted by molar-refractivity contribution is 5.86. The molecule has 2 amide bonds. The van der Waals surface area contributed by atoms with E-state index in [9.17, 15) is 9.59 Å². The lowest BCUT2D eigenvalue weighted by Gasteiger charge is -2.42. The van der Waals surface area contributed by atoms with Gasteiger partial charge in [-0.25, -0.2) is 0 Å². The smallest absolute Gasteiger partial charge is 0.242 e. The first-order chi connectivity index (χ1) is 13.7. The third-order valence-corrected chi connectivity index (χ3v) is 5.64. The molecule has 1 unspecified atom stereocenters. The number of unbranched alkanes of at least 4 members (excludes halogenated alkanes) is 1. The Morgan fingerprint density at radius 3 is 2.28 bits per heavy atom. The number of amides is 2. The fourth-order valence-corrected chi connectivity index (χ4v) is 3.79. The molecule has 0 rings (SSSR count). The van der Waals surface area contributed by atoms with Crippen LogP contribution in [0.25, 0.3) is 0 Å². The van der Waals surface area contributed by atoms with Gasteiger partial charge < -0.3 is 10.6 Å². The Bertz CT molecular complexity index is 598. The molecule has 0 aliphatic carbocycles. The second-order valence-electron chi connectivity index (χ2n) is 7.55. The van der Waals surface area contributed by atoms with Crippen LogP contribution in [0, 0.1) is 0 Å². The summed E-state index contributed by atoms with van der Waals surface area (Å²) < 4.78 is 0. The van der Waals surface area contributed by atoms with Crippen LogP contribution in [0.3, 0.4) is 0 Å². The fourth-order valence-electron chi connectivity index (χ4n) is 3.79. The first-order valence-corrected chi connectivity index (χ1v) is 10.8. The minimum atomic E-state index is -0.420. The lowest BCUT2D eigenvalue weighted by atomic mass is 9.87. The highest BCUT2D eigenvalue weighted by Crippen LogP contribution is 2.27. The quantitative estimate of drug-likeness (QED) is 0.254. The number of carbonyl (C=O) groups excluding carboxylic acids is 2. The molecule has 0 heterocycles. The van der Waals surface area contributed by atoms with Gasteiger partial charge in [-0.2, -0.15) is 0 Å². The van der Waals surface area contributed by atoms with E-state index in [1.165, 1.54) is 0 Å². The van der Waals surface area contributed by atoms with Crippen LogP contribution in [0.4, 0.5) is 0 Å². The Morgan fingerprint density at radius 1 is 1.17 bits per heavy atom. The molecular formula is C23H42N4O2. The van der Waals surface area contributed by atoms with Gasteiger partial charge in [-0.05, 0) is 58.0 Å². The average molecular weight is 407 g/mol. The van der Waals surface area contributed by atoms with Crippen molar-refractivity contribution in [1.82, 2.24) is 9.80 Å². The number of carbonyl (C=O) groups is 2. The summed E-state index contributed by atoms with van der Waals surface area (Å²) >= 11 is 0. The molecule has 6 heteroatoms. The summed E-state index contributed by atoms with van der Waals surface area (Å²) in [6.45, 7) is 13.4. The van der Waals surface area contributed by atoms with Crippen molar-refractivity contribution in [1.29, 1.82) is 0 Å². The van der Waals surface area contributed by atoms with Crippen molar-refractivity contribution in [2.24, 2.45) is 10.7 Å². The predicted octanol–water partition coefficient (Wildman–Crippen LogP) is 3.92. The largest absolute Gasteiger partial charge is 0.369 e. The van der Waals surface area contributed by atoms with Crippen LogP contribution >= 0.6 is 0 Å². The molecule has 0 saturated carbocycles. The van der Waals surface area contributed by atoms with Gasteiger partial charge >= 0.3 is 0 Å². The first-order valence-electron chi connectivity index (χ1n) is 10.8. The normalized spacial score (nSPS) is 14.6. The van der Waals surface area contributed by atoms with Crippen molar-refractivity contribution in [2.75, 3.05) is 27.2 Å². The van der Waals surface area contributed by atoms with Gasteiger partial charge in [0.05, 0.1) is 12.0 Å². The second-order valence-corrected chi connectivity index (χ2v) is 7.55. The molecule has 0 radical (unpaired) electrons. The predicted molar refractivity (Wildman–Crippen MR) is 123 cm³/mol. The molecule has 0 spiro atoms. The van der Waals surface area contributed by atoms with Crippen LogP contribution in [0.2, 0.25) is 0 Å². The molecule has 0 aromatic heterocycles. The molecule has 0 aliphatic heterocycles. The van der Waals surface area contributed by atoms with Crippen molar-refractivity contribution in [3.63, 3.8) is 0 Å². The lowest BCUT2D eigenvalue weighted by molar-refractivity contribution is -0.143. The molecule has 0 fully saturated rings. The average Bonchev–Trinajstić information content (AvgIpc) is 2.70. The van der Waals surface area contributed by atoms with Gasteiger partial charge in [0, 0.05) is 19.3 Å². The second kappa shape index (κ2) is 14.1. The molecule has 2 N–H and O–H groups in total. The Morgan fingerprint density at radius 2 is 1.83 bits per heavy atom. The maximum Gasteiger partial charge on any atom is 0.242 e. The van der Waals surface area contributed by atoms with Crippen molar-refractivity contribution in [3.8, 4) is 0 Å². The maximum absolute atomic E-state index is 13.2. The number of likely N-dealkylation sites (N-methyl/N-ethyl adjacent to an activating group) is 2. The third kappa shape index (κ3) is 8.13. The van der Waals surface area contributed by atoms with Crippen molar-refractivity contribution in [3.05, 3.63) is 23.4 Å². The Labute approximate surface area is 177 Å². The molecule has 0 aromatic carbocycles. The minimum absolute atomic E-state index is 0.163. The number of aliphatic imine (C=N–C) groups is 1. The van der Waals surface area contributed by atoms with Gasteiger partial charge in [-0.1, -0.05) is 46.3 Å². The zero-order valence-corrected chi connectivity index (χ0v) is 19.5. The number of nitrogens with zero attached hydrogens (tertiary/aromatic N) is 3. The maximum atomic E-state index is 13.2. The van der Waals surface area contributed by atoms with Crippen LogP contribution in [0.1, 0.15) is 72.6 Å². The van der Waals surface area contributed by atoms with Gasteiger partial charge in [0.2, 0.25) is 11.8 Å². The number of nitrogens with two attached hydrogens (primary N) is 1. The summed E-state index contributed by atoms with van der Waals surface area (Å²) in [5.74, 6) is -0.176. The number of hydrogen-bond donors (Lipinski definition) is 1. The van der Waals surface area contributed by atoms with Gasteiger partial charge in [0.15, 0.2) is 0 Å². The number of primary amides is 1. The van der Waals surface area contributed by atoms with E-state index in [0.29, 0.717) is 13.0 Å². The molecular weight excluding hydrogens is 364 g/mol. The topological polar surface area (TPSA) is 79.0 Å². The molecule has 0 aromatic rings. The Kier molecular flexibility index (Phi) is 13.2. The zero-order chi connectivity index (χ0) is 22.4. The van der Waals surface area contributed by atoms with Gasteiger partial charge in [-0.15, -0.1) is 0 Å².